The highest BCUT2D eigenvalue weighted by atomic mass is 16.5. The molecule has 0 radical (unpaired) electrons. The average molecular weight is 207 g/mol. The smallest absolute Gasteiger partial charge is 0.360 e. The summed E-state index contributed by atoms with van der Waals surface area (Å²) in [4.78, 5) is 28.9. The summed E-state index contributed by atoms with van der Waals surface area (Å²) in [7, 11) is 1.22. The number of anilines is 1. The highest BCUT2D eigenvalue weighted by Gasteiger charge is 2.12. The molecule has 0 saturated heterocycles. The summed E-state index contributed by atoms with van der Waals surface area (Å²) in [5.41, 5.74) is 5.72. The number of nitrogen functional groups attached to an aromatic ring is 1. The highest BCUT2D eigenvalue weighted by Crippen LogP contribution is 2.08. The summed E-state index contributed by atoms with van der Waals surface area (Å²) < 4.78 is 4.46. The molecule has 0 fully saturated rings. The molecule has 0 aliphatic heterocycles. The quantitative estimate of drug-likeness (QED) is 0.427. The van der Waals surface area contributed by atoms with E-state index >= 15 is 0 Å². The predicted octanol–water partition coefficient (Wildman–Crippen LogP) is 0.0575. The van der Waals surface area contributed by atoms with E-state index in [-0.39, 0.29) is 11.5 Å². The van der Waals surface area contributed by atoms with Crippen molar-refractivity contribution in [2.45, 2.75) is 0 Å². The summed E-state index contributed by atoms with van der Waals surface area (Å²) in [6.45, 7) is 0. The number of allylic oxidation sites excluding steroid dienone is 1. The number of esters is 1. The van der Waals surface area contributed by atoms with Gasteiger partial charge in [0.05, 0.1) is 19.0 Å². The SMILES string of the molecule is COC(=O)c1nc(C=CC=O)cnc1N. The van der Waals surface area contributed by atoms with Crippen molar-refractivity contribution in [3.8, 4) is 0 Å². The number of carbonyl (C=O) groups excluding carboxylic acids is 2. The molecule has 0 saturated carbocycles. The van der Waals surface area contributed by atoms with Gasteiger partial charge in [-0.2, -0.15) is 0 Å². The lowest BCUT2D eigenvalue weighted by Gasteiger charge is -2.02. The second-order valence-corrected chi connectivity index (χ2v) is 2.52. The van der Waals surface area contributed by atoms with Gasteiger partial charge in [-0.1, -0.05) is 0 Å². The van der Waals surface area contributed by atoms with E-state index in [4.69, 9.17) is 5.73 Å². The minimum atomic E-state index is -0.665. The molecule has 2 N–H and O–H groups in total. The standard InChI is InChI=1S/C9H9N3O3/c1-15-9(14)7-8(10)11-5-6(12-7)3-2-4-13/h2-5H,1H3,(H2,10,11). The van der Waals surface area contributed by atoms with Crippen molar-refractivity contribution >= 4 is 24.1 Å². The zero-order valence-electron chi connectivity index (χ0n) is 8.01. The van der Waals surface area contributed by atoms with Crippen LogP contribution in [0.4, 0.5) is 5.82 Å². The van der Waals surface area contributed by atoms with Gasteiger partial charge in [0.1, 0.15) is 6.29 Å². The topological polar surface area (TPSA) is 95.2 Å². The van der Waals surface area contributed by atoms with Gasteiger partial charge in [-0.3, -0.25) is 4.79 Å². The Morgan fingerprint density at radius 3 is 2.93 bits per heavy atom. The third kappa shape index (κ3) is 2.60. The number of ether oxygens (including phenoxy) is 1. The van der Waals surface area contributed by atoms with Crippen molar-refractivity contribution in [1.82, 2.24) is 9.97 Å². The lowest BCUT2D eigenvalue weighted by atomic mass is 10.3. The van der Waals surface area contributed by atoms with Gasteiger partial charge in [0, 0.05) is 0 Å². The third-order valence-corrected chi connectivity index (χ3v) is 1.54. The maximum atomic E-state index is 11.2. The summed E-state index contributed by atoms with van der Waals surface area (Å²) in [6.07, 6.45) is 4.59. The van der Waals surface area contributed by atoms with E-state index < -0.39 is 5.97 Å². The first kappa shape index (κ1) is 10.8. The molecule has 0 bridgehead atoms. The Bertz CT molecular complexity index is 415. The molecule has 6 nitrogen and oxygen atoms in total. The van der Waals surface area contributed by atoms with Crippen LogP contribution in [-0.2, 0) is 9.53 Å². The minimum absolute atomic E-state index is 0.00916. The lowest BCUT2D eigenvalue weighted by Crippen LogP contribution is -2.10. The van der Waals surface area contributed by atoms with Crippen molar-refractivity contribution < 1.29 is 14.3 Å². The molecule has 0 spiro atoms. The van der Waals surface area contributed by atoms with Gasteiger partial charge in [0.2, 0.25) is 0 Å². The molecule has 0 aliphatic carbocycles. The number of hydrogen-bond acceptors (Lipinski definition) is 6. The number of hydrogen-bond donors (Lipinski definition) is 1. The average Bonchev–Trinajstić information content (AvgIpc) is 2.27. The molecule has 0 aromatic carbocycles. The van der Waals surface area contributed by atoms with Crippen LogP contribution in [-0.4, -0.2) is 29.3 Å². The highest BCUT2D eigenvalue weighted by molar-refractivity contribution is 5.92. The van der Waals surface area contributed by atoms with Gasteiger partial charge in [-0.25, -0.2) is 14.8 Å². The number of aldehydes is 1. The Hall–Kier alpha value is -2.24. The second-order valence-electron chi connectivity index (χ2n) is 2.52. The molecular formula is C9H9N3O3. The number of nitrogens with two attached hydrogens (primary N) is 1. The maximum absolute atomic E-state index is 11.2. The third-order valence-electron chi connectivity index (χ3n) is 1.54. The van der Waals surface area contributed by atoms with Crippen LogP contribution < -0.4 is 5.73 Å². The number of methoxy groups -OCH3 is 1. The van der Waals surface area contributed by atoms with Crippen LogP contribution in [0, 0.1) is 0 Å². The van der Waals surface area contributed by atoms with Crippen molar-refractivity contribution in [2.24, 2.45) is 0 Å². The summed E-state index contributed by atoms with van der Waals surface area (Å²) in [5.74, 6) is -0.675. The minimum Gasteiger partial charge on any atom is -0.464 e. The van der Waals surface area contributed by atoms with Crippen molar-refractivity contribution in [3.05, 3.63) is 23.7 Å². The van der Waals surface area contributed by atoms with Gasteiger partial charge in [-0.15, -0.1) is 0 Å². The van der Waals surface area contributed by atoms with Crippen LogP contribution in [0.5, 0.6) is 0 Å². The van der Waals surface area contributed by atoms with E-state index in [1.807, 2.05) is 0 Å². The first-order valence-electron chi connectivity index (χ1n) is 4.01. The van der Waals surface area contributed by atoms with Crippen LogP contribution in [0.2, 0.25) is 0 Å². The summed E-state index contributed by atoms with van der Waals surface area (Å²) >= 11 is 0. The van der Waals surface area contributed by atoms with E-state index in [0.29, 0.717) is 12.0 Å². The molecule has 78 valence electrons. The van der Waals surface area contributed by atoms with Gasteiger partial charge in [0.15, 0.2) is 11.5 Å². The summed E-state index contributed by atoms with van der Waals surface area (Å²) in [5, 5.41) is 0. The number of aromatic nitrogens is 2. The molecule has 0 aliphatic rings. The predicted molar refractivity (Wildman–Crippen MR) is 52.9 cm³/mol. The van der Waals surface area contributed by atoms with E-state index in [0.717, 1.165) is 0 Å². The normalized spacial score (nSPS) is 10.2. The molecule has 15 heavy (non-hydrogen) atoms. The van der Waals surface area contributed by atoms with E-state index in [2.05, 4.69) is 14.7 Å². The molecule has 1 rings (SSSR count). The first-order valence-corrected chi connectivity index (χ1v) is 4.01. The molecule has 1 aromatic rings. The monoisotopic (exact) mass is 207 g/mol. The zero-order chi connectivity index (χ0) is 11.3. The molecule has 1 aromatic heterocycles. The second kappa shape index (κ2) is 4.85. The van der Waals surface area contributed by atoms with Crippen molar-refractivity contribution in [1.29, 1.82) is 0 Å². The molecular weight excluding hydrogens is 198 g/mol. The fraction of sp³-hybridized carbons (Fsp3) is 0.111. The van der Waals surface area contributed by atoms with Crippen LogP contribution in [0.15, 0.2) is 12.3 Å². The Kier molecular flexibility index (Phi) is 3.50. The van der Waals surface area contributed by atoms with Crippen LogP contribution >= 0.6 is 0 Å². The Labute approximate surface area is 85.8 Å². The van der Waals surface area contributed by atoms with Crippen molar-refractivity contribution in [2.75, 3.05) is 12.8 Å². The van der Waals surface area contributed by atoms with Crippen molar-refractivity contribution in [3.63, 3.8) is 0 Å². The van der Waals surface area contributed by atoms with E-state index in [1.54, 1.807) is 0 Å². The largest absolute Gasteiger partial charge is 0.464 e. The van der Waals surface area contributed by atoms with Gasteiger partial charge < -0.3 is 10.5 Å². The fourth-order valence-corrected chi connectivity index (χ4v) is 0.877. The fourth-order valence-electron chi connectivity index (χ4n) is 0.877. The van der Waals surface area contributed by atoms with Gasteiger partial charge in [0.25, 0.3) is 0 Å². The molecule has 0 unspecified atom stereocenters. The Morgan fingerprint density at radius 2 is 2.33 bits per heavy atom. The maximum Gasteiger partial charge on any atom is 0.360 e. The van der Waals surface area contributed by atoms with Gasteiger partial charge in [-0.05, 0) is 12.2 Å². The van der Waals surface area contributed by atoms with E-state index in [9.17, 15) is 9.59 Å². The molecule has 0 amide bonds. The van der Waals surface area contributed by atoms with Crippen LogP contribution in [0.1, 0.15) is 16.2 Å². The summed E-state index contributed by atoms with van der Waals surface area (Å²) in [6, 6.07) is 0. The molecule has 1 heterocycles. The molecule has 6 heteroatoms. The Morgan fingerprint density at radius 1 is 1.60 bits per heavy atom. The number of rotatable bonds is 3. The van der Waals surface area contributed by atoms with E-state index in [1.165, 1.54) is 25.5 Å². The number of nitrogens with zero attached hydrogens (tertiary/aromatic N) is 2. The van der Waals surface area contributed by atoms with Crippen LogP contribution in [0.3, 0.4) is 0 Å². The molecule has 0 atom stereocenters. The first-order chi connectivity index (χ1) is 7.19. The lowest BCUT2D eigenvalue weighted by molar-refractivity contribution is -0.104. The van der Waals surface area contributed by atoms with Gasteiger partial charge >= 0.3 is 5.97 Å². The Balaban J connectivity index is 3.10. The van der Waals surface area contributed by atoms with Crippen LogP contribution in [0.25, 0.3) is 6.08 Å². The zero-order valence-corrected chi connectivity index (χ0v) is 8.01. The number of carbonyl (C=O) groups is 2.